The molecule has 6 nitrogen and oxygen atoms in total. The maximum Gasteiger partial charge on any atom is 0.227 e. The highest BCUT2D eigenvalue weighted by Gasteiger charge is 2.29. The van der Waals surface area contributed by atoms with Crippen molar-refractivity contribution in [2.45, 2.75) is 58.1 Å². The van der Waals surface area contributed by atoms with E-state index >= 15 is 0 Å². The first kappa shape index (κ1) is 19.7. The molecule has 0 radical (unpaired) electrons. The largest absolute Gasteiger partial charge is 0.373 e. The maximum absolute atomic E-state index is 12.1. The topological polar surface area (TPSA) is 74.8 Å². The highest BCUT2D eigenvalue weighted by Crippen LogP contribution is 2.27. The van der Waals surface area contributed by atoms with E-state index in [0.717, 1.165) is 69.0 Å². The molecule has 1 aliphatic heterocycles. The van der Waals surface area contributed by atoms with Crippen molar-refractivity contribution in [3.05, 3.63) is 29.8 Å². The normalized spacial score (nSPS) is 23.0. The summed E-state index contributed by atoms with van der Waals surface area (Å²) in [5.41, 5.74) is 1.81. The number of ether oxygens (including phenoxy) is 1. The third kappa shape index (κ3) is 5.70. The molecule has 3 N–H and O–H groups in total. The summed E-state index contributed by atoms with van der Waals surface area (Å²) in [6.45, 7) is 7.15. The minimum atomic E-state index is -0.109. The van der Waals surface area contributed by atoms with Gasteiger partial charge in [-0.25, -0.2) is 4.99 Å². The molecule has 0 bridgehead atoms. The number of aliphatic imine (C=N–C) groups is 1. The van der Waals surface area contributed by atoms with Gasteiger partial charge in [0.05, 0.1) is 12.1 Å². The molecular weight excluding hydrogens is 340 g/mol. The van der Waals surface area contributed by atoms with Crippen LogP contribution in [0.4, 0.5) is 5.69 Å². The lowest BCUT2D eigenvalue weighted by molar-refractivity contribution is -0.122. The first-order valence-corrected chi connectivity index (χ1v) is 10.1. The van der Waals surface area contributed by atoms with Crippen LogP contribution >= 0.6 is 0 Å². The van der Waals surface area contributed by atoms with E-state index in [0.29, 0.717) is 6.54 Å². The average molecular weight is 373 g/mol. The maximum atomic E-state index is 12.1. The Balaban J connectivity index is 1.56. The summed E-state index contributed by atoms with van der Waals surface area (Å²) in [4.78, 5) is 16.8. The SMILES string of the molecule is CCNC(=NCc1cccc(NC(=O)C2CCC2)c1)NCC1(C)CCCO1. The van der Waals surface area contributed by atoms with E-state index in [2.05, 4.69) is 34.8 Å². The summed E-state index contributed by atoms with van der Waals surface area (Å²) in [7, 11) is 0. The molecule has 148 valence electrons. The van der Waals surface area contributed by atoms with E-state index in [1.165, 1.54) is 0 Å². The lowest BCUT2D eigenvalue weighted by Gasteiger charge is -2.24. The number of nitrogens with one attached hydrogen (secondary N) is 3. The standard InChI is InChI=1S/C21H32N4O2/c1-3-22-20(24-15-21(2)11-6-12-27-21)23-14-16-7-4-10-18(13-16)25-19(26)17-8-5-9-17/h4,7,10,13,17H,3,5-6,8-9,11-12,14-15H2,1-2H3,(H,25,26)(H2,22,23,24). The minimum absolute atomic E-state index is 0.109. The van der Waals surface area contributed by atoms with Gasteiger partial charge in [0.2, 0.25) is 5.91 Å². The zero-order valence-electron chi connectivity index (χ0n) is 16.5. The van der Waals surface area contributed by atoms with Gasteiger partial charge < -0.3 is 20.7 Å². The number of rotatable bonds is 7. The number of benzene rings is 1. The van der Waals surface area contributed by atoms with Gasteiger partial charge in [0, 0.05) is 31.3 Å². The highest BCUT2D eigenvalue weighted by molar-refractivity contribution is 5.93. The number of guanidine groups is 1. The Hall–Kier alpha value is -2.08. The molecule has 2 aliphatic rings. The zero-order valence-corrected chi connectivity index (χ0v) is 16.5. The van der Waals surface area contributed by atoms with E-state index < -0.39 is 0 Å². The van der Waals surface area contributed by atoms with Gasteiger partial charge >= 0.3 is 0 Å². The molecule has 2 fully saturated rings. The van der Waals surface area contributed by atoms with Gasteiger partial charge in [-0.2, -0.15) is 0 Å². The second-order valence-corrected chi connectivity index (χ2v) is 7.77. The molecule has 1 saturated heterocycles. The number of amides is 1. The molecule has 27 heavy (non-hydrogen) atoms. The molecule has 3 rings (SSSR count). The minimum Gasteiger partial charge on any atom is -0.373 e. The highest BCUT2D eigenvalue weighted by atomic mass is 16.5. The number of carbonyl (C=O) groups excluding carboxylic acids is 1. The molecule has 1 heterocycles. The van der Waals surface area contributed by atoms with Crippen LogP contribution in [0.15, 0.2) is 29.3 Å². The first-order chi connectivity index (χ1) is 13.1. The summed E-state index contributed by atoms with van der Waals surface area (Å²) in [5, 5.41) is 9.71. The van der Waals surface area contributed by atoms with E-state index in [-0.39, 0.29) is 17.4 Å². The number of anilines is 1. The van der Waals surface area contributed by atoms with E-state index in [4.69, 9.17) is 4.74 Å². The molecular formula is C21H32N4O2. The lowest BCUT2D eigenvalue weighted by atomic mass is 9.85. The van der Waals surface area contributed by atoms with Crippen molar-refractivity contribution in [3.63, 3.8) is 0 Å². The predicted octanol–water partition coefficient (Wildman–Crippen LogP) is 3.05. The third-order valence-corrected chi connectivity index (χ3v) is 5.36. The van der Waals surface area contributed by atoms with Crippen LogP contribution in [-0.2, 0) is 16.1 Å². The average Bonchev–Trinajstić information content (AvgIpc) is 3.03. The fraction of sp³-hybridized carbons (Fsp3) is 0.619. The van der Waals surface area contributed by atoms with E-state index in [1.54, 1.807) is 0 Å². The van der Waals surface area contributed by atoms with Crippen LogP contribution in [0, 0.1) is 5.92 Å². The molecule has 1 unspecified atom stereocenters. The molecule has 1 saturated carbocycles. The number of hydrogen-bond acceptors (Lipinski definition) is 3. The number of hydrogen-bond donors (Lipinski definition) is 3. The second-order valence-electron chi connectivity index (χ2n) is 7.77. The number of carbonyl (C=O) groups is 1. The van der Waals surface area contributed by atoms with Gasteiger partial charge in [0.1, 0.15) is 0 Å². The van der Waals surface area contributed by atoms with Crippen molar-refractivity contribution >= 4 is 17.6 Å². The molecule has 0 spiro atoms. The van der Waals surface area contributed by atoms with Gasteiger partial charge in [-0.05, 0) is 57.2 Å². The summed E-state index contributed by atoms with van der Waals surface area (Å²) in [6, 6.07) is 7.94. The predicted molar refractivity (Wildman–Crippen MR) is 109 cm³/mol. The summed E-state index contributed by atoms with van der Waals surface area (Å²) in [5.74, 6) is 1.12. The van der Waals surface area contributed by atoms with E-state index in [1.807, 2.05) is 24.3 Å². The third-order valence-electron chi connectivity index (χ3n) is 5.36. The Bertz CT molecular complexity index is 664. The molecule has 1 amide bonds. The van der Waals surface area contributed by atoms with Gasteiger partial charge in [0.15, 0.2) is 5.96 Å². The molecule has 1 aromatic carbocycles. The van der Waals surface area contributed by atoms with Crippen molar-refractivity contribution in [2.75, 3.05) is 25.0 Å². The summed E-state index contributed by atoms with van der Waals surface area (Å²) in [6.07, 6.45) is 5.37. The van der Waals surface area contributed by atoms with Crippen LogP contribution in [0.1, 0.15) is 51.5 Å². The van der Waals surface area contributed by atoms with Gasteiger partial charge in [-0.1, -0.05) is 18.6 Å². The number of nitrogens with zero attached hydrogens (tertiary/aromatic N) is 1. The monoisotopic (exact) mass is 372 g/mol. The van der Waals surface area contributed by atoms with Crippen LogP contribution in [0.2, 0.25) is 0 Å². The van der Waals surface area contributed by atoms with Crippen LogP contribution in [0.5, 0.6) is 0 Å². The Labute approximate surface area is 162 Å². The molecule has 1 atom stereocenters. The Morgan fingerprint density at radius 1 is 1.30 bits per heavy atom. The molecule has 0 aromatic heterocycles. The molecule has 1 aliphatic carbocycles. The van der Waals surface area contributed by atoms with Gasteiger partial charge in [-0.15, -0.1) is 0 Å². The van der Waals surface area contributed by atoms with Crippen LogP contribution in [-0.4, -0.2) is 37.2 Å². The smallest absolute Gasteiger partial charge is 0.227 e. The quantitative estimate of drug-likeness (QED) is 0.508. The van der Waals surface area contributed by atoms with Crippen LogP contribution in [0.3, 0.4) is 0 Å². The van der Waals surface area contributed by atoms with Crippen LogP contribution in [0.25, 0.3) is 0 Å². The van der Waals surface area contributed by atoms with Gasteiger partial charge in [-0.3, -0.25) is 4.79 Å². The van der Waals surface area contributed by atoms with Gasteiger partial charge in [0.25, 0.3) is 0 Å². The van der Waals surface area contributed by atoms with Crippen molar-refractivity contribution in [2.24, 2.45) is 10.9 Å². The van der Waals surface area contributed by atoms with Crippen molar-refractivity contribution in [1.82, 2.24) is 10.6 Å². The summed E-state index contributed by atoms with van der Waals surface area (Å²) < 4.78 is 5.83. The molecule has 6 heteroatoms. The van der Waals surface area contributed by atoms with Crippen LogP contribution < -0.4 is 16.0 Å². The molecule has 1 aromatic rings. The Kier molecular flexibility index (Phi) is 6.72. The van der Waals surface area contributed by atoms with Crippen molar-refractivity contribution in [3.8, 4) is 0 Å². The first-order valence-electron chi connectivity index (χ1n) is 10.1. The fourth-order valence-electron chi connectivity index (χ4n) is 3.42. The lowest BCUT2D eigenvalue weighted by Crippen LogP contribution is -2.45. The van der Waals surface area contributed by atoms with Crippen molar-refractivity contribution < 1.29 is 9.53 Å². The van der Waals surface area contributed by atoms with Crippen molar-refractivity contribution in [1.29, 1.82) is 0 Å². The zero-order chi connectivity index (χ0) is 19.1. The second kappa shape index (κ2) is 9.22. The Morgan fingerprint density at radius 2 is 2.15 bits per heavy atom. The Morgan fingerprint density at radius 3 is 2.81 bits per heavy atom. The summed E-state index contributed by atoms with van der Waals surface area (Å²) >= 11 is 0. The van der Waals surface area contributed by atoms with E-state index in [9.17, 15) is 4.79 Å². The fourth-order valence-corrected chi connectivity index (χ4v) is 3.42.